The highest BCUT2D eigenvalue weighted by Crippen LogP contribution is 2.08. The molecule has 0 spiro atoms. The van der Waals surface area contributed by atoms with E-state index in [9.17, 15) is 14.9 Å². The lowest BCUT2D eigenvalue weighted by Crippen LogP contribution is -2.00. The van der Waals surface area contributed by atoms with E-state index < -0.39 is 10.9 Å². The summed E-state index contributed by atoms with van der Waals surface area (Å²) >= 11 is 0. The molecule has 0 bridgehead atoms. The lowest BCUT2D eigenvalue weighted by atomic mass is 10.4. The number of methoxy groups -OCH3 is 1. The number of H-pyrrole nitrogens is 1. The number of aromatic nitrogens is 2. The fraction of sp³-hybridized carbons (Fsp3) is 0.556. The van der Waals surface area contributed by atoms with Gasteiger partial charge in [-0.1, -0.05) is 32.8 Å². The number of aromatic amines is 1. The number of nitrogens with zero attached hydrogens (tertiary/aromatic N) is 2. The molecule has 0 fully saturated rings. The molecule has 0 atom stereocenters. The van der Waals surface area contributed by atoms with E-state index >= 15 is 0 Å². The summed E-state index contributed by atoms with van der Waals surface area (Å²) in [5, 5.41) is 15.5. The summed E-state index contributed by atoms with van der Waals surface area (Å²) < 4.78 is 4.29. The standard InChI is InChI=1S/C5H5N3O4.2C2H6/c1-12-5(9)3-2-4(7-6-3)8(10)11;2*1-2/h2H,1H3,(H,6,7);2*1-2H3. The van der Waals surface area contributed by atoms with Crippen LogP contribution in [0.3, 0.4) is 0 Å². The molecular formula is C9H17N3O4. The van der Waals surface area contributed by atoms with Crippen molar-refractivity contribution < 1.29 is 14.5 Å². The average Bonchev–Trinajstić information content (AvgIpc) is 2.83. The van der Waals surface area contributed by atoms with Crippen molar-refractivity contribution >= 4 is 11.8 Å². The number of carbonyl (C=O) groups is 1. The van der Waals surface area contributed by atoms with Crippen molar-refractivity contribution in [2.45, 2.75) is 27.7 Å². The third-order valence-electron chi connectivity index (χ3n) is 1.16. The quantitative estimate of drug-likeness (QED) is 0.477. The zero-order valence-electron chi connectivity index (χ0n) is 10.1. The largest absolute Gasteiger partial charge is 0.464 e. The van der Waals surface area contributed by atoms with Crippen LogP contribution < -0.4 is 0 Å². The highest BCUT2D eigenvalue weighted by atomic mass is 16.6. The zero-order valence-corrected chi connectivity index (χ0v) is 10.1. The van der Waals surface area contributed by atoms with E-state index in [0.717, 1.165) is 6.07 Å². The van der Waals surface area contributed by atoms with Gasteiger partial charge in [0.25, 0.3) is 0 Å². The number of carbonyl (C=O) groups excluding carboxylic acids is 1. The molecule has 7 nitrogen and oxygen atoms in total. The lowest BCUT2D eigenvalue weighted by Gasteiger charge is -1.88. The Balaban J connectivity index is 0. The van der Waals surface area contributed by atoms with Crippen molar-refractivity contribution in [1.82, 2.24) is 10.2 Å². The monoisotopic (exact) mass is 231 g/mol. The van der Waals surface area contributed by atoms with Crippen LogP contribution in [0.5, 0.6) is 0 Å². The van der Waals surface area contributed by atoms with Gasteiger partial charge in [0.05, 0.1) is 13.2 Å². The van der Waals surface area contributed by atoms with Crippen LogP contribution in [0, 0.1) is 10.1 Å². The smallest absolute Gasteiger partial charge is 0.360 e. The Bertz CT molecular complexity index is 322. The number of rotatable bonds is 2. The molecule has 0 aliphatic rings. The first-order chi connectivity index (χ1) is 7.65. The molecule has 0 saturated carbocycles. The van der Waals surface area contributed by atoms with Gasteiger partial charge in [0.1, 0.15) is 0 Å². The van der Waals surface area contributed by atoms with E-state index in [1.165, 1.54) is 7.11 Å². The molecule has 0 aliphatic heterocycles. The maximum atomic E-state index is 10.7. The number of nitro groups is 1. The molecule has 0 amide bonds. The van der Waals surface area contributed by atoms with E-state index in [0.29, 0.717) is 0 Å². The van der Waals surface area contributed by atoms with Gasteiger partial charge in [0.15, 0.2) is 5.69 Å². The summed E-state index contributed by atoms with van der Waals surface area (Å²) in [5.74, 6) is -1.05. The van der Waals surface area contributed by atoms with E-state index in [1.807, 2.05) is 27.7 Å². The van der Waals surface area contributed by atoms with Gasteiger partial charge >= 0.3 is 11.8 Å². The van der Waals surface area contributed by atoms with Crippen molar-refractivity contribution in [3.8, 4) is 0 Å². The van der Waals surface area contributed by atoms with Crippen molar-refractivity contribution in [3.63, 3.8) is 0 Å². The predicted molar refractivity (Wildman–Crippen MR) is 59.3 cm³/mol. The number of hydrogen-bond acceptors (Lipinski definition) is 5. The Labute approximate surface area is 94.0 Å². The minimum atomic E-state index is -0.709. The highest BCUT2D eigenvalue weighted by molar-refractivity contribution is 5.87. The van der Waals surface area contributed by atoms with Crippen LogP contribution in [-0.4, -0.2) is 28.2 Å². The molecule has 0 unspecified atom stereocenters. The van der Waals surface area contributed by atoms with E-state index in [1.54, 1.807) is 0 Å². The van der Waals surface area contributed by atoms with E-state index in [-0.39, 0.29) is 11.5 Å². The maximum absolute atomic E-state index is 10.7. The van der Waals surface area contributed by atoms with Crippen LogP contribution >= 0.6 is 0 Å². The van der Waals surface area contributed by atoms with E-state index in [2.05, 4.69) is 14.9 Å². The second-order valence-corrected chi connectivity index (χ2v) is 1.89. The fourth-order valence-corrected chi connectivity index (χ4v) is 0.614. The SMILES string of the molecule is CC.CC.COC(=O)c1cc([N+](=O)[O-])[nH]n1. The van der Waals surface area contributed by atoms with Crippen LogP contribution in [0.2, 0.25) is 0 Å². The van der Waals surface area contributed by atoms with Crippen molar-refractivity contribution in [2.24, 2.45) is 0 Å². The second kappa shape index (κ2) is 9.63. The number of esters is 1. The van der Waals surface area contributed by atoms with Crippen LogP contribution in [0.1, 0.15) is 38.2 Å². The molecular weight excluding hydrogens is 214 g/mol. The molecule has 7 heteroatoms. The summed E-state index contributed by atoms with van der Waals surface area (Å²) in [5.41, 5.74) is -0.107. The van der Waals surface area contributed by atoms with Crippen LogP contribution in [0.25, 0.3) is 0 Å². The van der Waals surface area contributed by atoms with Crippen LogP contribution in [-0.2, 0) is 4.74 Å². The molecule has 92 valence electrons. The van der Waals surface area contributed by atoms with Gasteiger partial charge in [0.2, 0.25) is 0 Å². The summed E-state index contributed by atoms with van der Waals surface area (Å²) in [7, 11) is 1.17. The molecule has 0 radical (unpaired) electrons. The number of hydrogen-bond donors (Lipinski definition) is 1. The first kappa shape index (κ1) is 16.5. The van der Waals surface area contributed by atoms with Crippen molar-refractivity contribution in [1.29, 1.82) is 0 Å². The molecule has 0 aliphatic carbocycles. The Kier molecular flexibility index (Phi) is 9.93. The van der Waals surface area contributed by atoms with Gasteiger partial charge in [-0.3, -0.25) is 0 Å². The first-order valence-corrected chi connectivity index (χ1v) is 4.93. The molecule has 0 aromatic carbocycles. The summed E-state index contributed by atoms with van der Waals surface area (Å²) in [6.07, 6.45) is 0. The lowest BCUT2D eigenvalue weighted by molar-refractivity contribution is -0.389. The van der Waals surface area contributed by atoms with Gasteiger partial charge in [-0.2, -0.15) is 0 Å². The number of nitrogens with one attached hydrogen (secondary N) is 1. The third-order valence-corrected chi connectivity index (χ3v) is 1.16. The topological polar surface area (TPSA) is 98.1 Å². The highest BCUT2D eigenvalue weighted by Gasteiger charge is 2.15. The van der Waals surface area contributed by atoms with Crippen molar-refractivity contribution in [2.75, 3.05) is 7.11 Å². The third kappa shape index (κ3) is 5.08. The Morgan fingerprint density at radius 3 is 2.25 bits per heavy atom. The molecule has 1 heterocycles. The molecule has 1 aromatic heterocycles. The maximum Gasteiger partial charge on any atom is 0.360 e. The number of ether oxygens (including phenoxy) is 1. The van der Waals surface area contributed by atoms with Gasteiger partial charge in [-0.05, 0) is 4.92 Å². The normalized spacial score (nSPS) is 7.81. The zero-order chi connectivity index (χ0) is 13.1. The van der Waals surface area contributed by atoms with Gasteiger partial charge in [0, 0.05) is 0 Å². The van der Waals surface area contributed by atoms with E-state index in [4.69, 9.17) is 0 Å². The summed E-state index contributed by atoms with van der Waals surface area (Å²) in [4.78, 5) is 20.1. The van der Waals surface area contributed by atoms with Crippen LogP contribution in [0.4, 0.5) is 5.82 Å². The van der Waals surface area contributed by atoms with Gasteiger partial charge < -0.3 is 14.9 Å². The minimum Gasteiger partial charge on any atom is -0.464 e. The first-order valence-electron chi connectivity index (χ1n) is 4.93. The van der Waals surface area contributed by atoms with Gasteiger partial charge in [-0.25, -0.2) is 4.79 Å². The molecule has 1 N–H and O–H groups in total. The predicted octanol–water partition coefficient (Wildman–Crippen LogP) is 2.16. The Hall–Kier alpha value is -1.92. The fourth-order valence-electron chi connectivity index (χ4n) is 0.614. The van der Waals surface area contributed by atoms with Gasteiger partial charge in [-0.15, -0.1) is 5.10 Å². The second-order valence-electron chi connectivity index (χ2n) is 1.89. The summed E-state index contributed by atoms with van der Waals surface area (Å²) in [6.45, 7) is 8.00. The van der Waals surface area contributed by atoms with Crippen molar-refractivity contribution in [3.05, 3.63) is 21.9 Å². The Morgan fingerprint density at radius 2 is 1.94 bits per heavy atom. The minimum absolute atomic E-state index is 0.107. The summed E-state index contributed by atoms with van der Waals surface area (Å²) in [6, 6.07) is 1.01. The molecule has 16 heavy (non-hydrogen) atoms. The average molecular weight is 231 g/mol. The molecule has 0 saturated heterocycles. The Morgan fingerprint density at radius 1 is 1.44 bits per heavy atom. The molecule has 1 rings (SSSR count). The van der Waals surface area contributed by atoms with Crippen LogP contribution in [0.15, 0.2) is 6.07 Å². The molecule has 1 aromatic rings.